The van der Waals surface area contributed by atoms with E-state index in [1.54, 1.807) is 27.9 Å². The van der Waals surface area contributed by atoms with Gasteiger partial charge < -0.3 is 9.63 Å². The zero-order chi connectivity index (χ0) is 23.5. The summed E-state index contributed by atoms with van der Waals surface area (Å²) in [7, 11) is 3.70. The highest BCUT2D eigenvalue weighted by molar-refractivity contribution is 7.98. The maximum Gasteiger partial charge on any atom is 0.237 e. The molecule has 0 aliphatic heterocycles. The number of hydrogen-bond acceptors (Lipinski definition) is 8. The highest BCUT2D eigenvalue weighted by Gasteiger charge is 2.23. The van der Waals surface area contributed by atoms with Crippen LogP contribution in [0.5, 0.6) is 0 Å². The monoisotopic (exact) mass is 471 g/mol. The molecular weight excluding hydrogens is 445 g/mol. The van der Waals surface area contributed by atoms with Gasteiger partial charge in [0.15, 0.2) is 17.2 Å². The Labute approximate surface area is 195 Å². The molecule has 4 rings (SSSR count). The van der Waals surface area contributed by atoms with Gasteiger partial charge in [-0.05, 0) is 38.2 Å². The number of halogens is 1. The Morgan fingerprint density at radius 1 is 1.27 bits per heavy atom. The second-order valence-corrected chi connectivity index (χ2v) is 8.67. The lowest BCUT2D eigenvalue weighted by Crippen LogP contribution is -2.26. The number of nitrogens with zero attached hydrogens (tertiary/aromatic N) is 7. The quantitative estimate of drug-likeness (QED) is 0.293. The van der Waals surface area contributed by atoms with Crippen molar-refractivity contribution in [1.82, 2.24) is 34.4 Å². The lowest BCUT2D eigenvalue weighted by Gasteiger charge is -2.24. The zero-order valence-electron chi connectivity index (χ0n) is 18.9. The van der Waals surface area contributed by atoms with E-state index in [0.29, 0.717) is 47.0 Å². The molecule has 9 nitrogen and oxygen atoms in total. The van der Waals surface area contributed by atoms with Gasteiger partial charge in [0.2, 0.25) is 5.89 Å². The van der Waals surface area contributed by atoms with Gasteiger partial charge in [0.05, 0.1) is 23.3 Å². The normalized spacial score (nSPS) is 12.6. The largest absolute Gasteiger partial charge is 0.372 e. The number of rotatable bonds is 9. The summed E-state index contributed by atoms with van der Waals surface area (Å²) in [6.45, 7) is 4.40. The fourth-order valence-electron chi connectivity index (χ4n) is 3.48. The fourth-order valence-corrected chi connectivity index (χ4v) is 4.32. The molecule has 0 aliphatic carbocycles. The van der Waals surface area contributed by atoms with Crippen molar-refractivity contribution in [1.29, 1.82) is 0 Å². The molecule has 33 heavy (non-hydrogen) atoms. The molecule has 0 saturated carbocycles. The minimum atomic E-state index is -0.952. The Kier molecular flexibility index (Phi) is 6.91. The smallest absolute Gasteiger partial charge is 0.237 e. The third-order valence-electron chi connectivity index (χ3n) is 5.21. The van der Waals surface area contributed by atoms with Crippen LogP contribution in [-0.2, 0) is 25.8 Å². The number of aryl methyl sites for hydroxylation is 3. The molecule has 4 aromatic rings. The van der Waals surface area contributed by atoms with Gasteiger partial charge in [-0.15, -0.1) is 0 Å². The molecule has 0 saturated heterocycles. The van der Waals surface area contributed by atoms with E-state index in [4.69, 9.17) is 4.52 Å². The van der Waals surface area contributed by atoms with Gasteiger partial charge in [-0.25, -0.2) is 9.37 Å². The number of benzene rings is 1. The van der Waals surface area contributed by atoms with Gasteiger partial charge in [0.25, 0.3) is 0 Å². The first-order chi connectivity index (χ1) is 15.9. The van der Waals surface area contributed by atoms with Crippen molar-refractivity contribution < 1.29 is 14.0 Å². The Morgan fingerprint density at radius 2 is 2.03 bits per heavy atom. The maximum absolute atomic E-state index is 13.6. The van der Waals surface area contributed by atoms with E-state index in [2.05, 4.69) is 20.2 Å². The van der Waals surface area contributed by atoms with E-state index < -0.39 is 6.23 Å². The molecule has 0 aliphatic rings. The van der Waals surface area contributed by atoms with Crippen molar-refractivity contribution in [2.24, 2.45) is 7.05 Å². The molecule has 1 aromatic carbocycles. The van der Waals surface area contributed by atoms with Crippen LogP contribution in [0.4, 0.5) is 4.39 Å². The number of aromatic nitrogens is 6. The first-order valence-electron chi connectivity index (χ1n) is 10.5. The Bertz CT molecular complexity index is 1220. The zero-order valence-corrected chi connectivity index (χ0v) is 19.8. The Hall–Kier alpha value is -3.02. The van der Waals surface area contributed by atoms with Crippen molar-refractivity contribution in [2.45, 2.75) is 44.0 Å². The molecule has 0 bridgehead atoms. The Balaban J connectivity index is 1.62. The maximum atomic E-state index is 13.6. The first kappa shape index (κ1) is 23.1. The van der Waals surface area contributed by atoms with E-state index in [9.17, 15) is 9.50 Å². The predicted octanol–water partition coefficient (Wildman–Crippen LogP) is 3.41. The molecule has 3 heterocycles. The van der Waals surface area contributed by atoms with Gasteiger partial charge in [-0.2, -0.15) is 10.1 Å². The van der Waals surface area contributed by atoms with Gasteiger partial charge in [-0.3, -0.25) is 14.1 Å². The van der Waals surface area contributed by atoms with E-state index in [1.807, 2.05) is 38.7 Å². The third-order valence-corrected chi connectivity index (χ3v) is 6.15. The lowest BCUT2D eigenvalue weighted by atomic mass is 10.2. The SMILES string of the molecule is CCc1noc(CSc2ncc(C(O)N(C)Cc3cn(C)nc3C)n2-c2ccc(F)cc2)n1. The summed E-state index contributed by atoms with van der Waals surface area (Å²) in [5.74, 6) is 1.23. The fraction of sp³-hybridized carbons (Fsp3) is 0.364. The second-order valence-electron chi connectivity index (χ2n) is 7.73. The summed E-state index contributed by atoms with van der Waals surface area (Å²) in [5.41, 5.74) is 3.18. The standard InChI is InChI=1S/C22H26FN7O2S/c1-5-19-25-20(32-27-19)13-33-22-24-10-18(30(22)17-8-6-16(23)7-9-17)21(31)28(3)11-15-12-29(4)26-14(15)2/h6-10,12,21,31H,5,11,13H2,1-4H3. The van der Waals surface area contributed by atoms with Crippen LogP contribution in [0.3, 0.4) is 0 Å². The molecule has 1 atom stereocenters. The highest BCUT2D eigenvalue weighted by Crippen LogP contribution is 2.30. The minimum Gasteiger partial charge on any atom is -0.372 e. The average Bonchev–Trinajstić information content (AvgIpc) is 3.51. The molecule has 0 spiro atoms. The van der Waals surface area contributed by atoms with Gasteiger partial charge in [-0.1, -0.05) is 23.8 Å². The van der Waals surface area contributed by atoms with Crippen molar-refractivity contribution in [3.63, 3.8) is 0 Å². The molecule has 1 N–H and O–H groups in total. The minimum absolute atomic E-state index is 0.336. The number of imidazole rings is 1. The van der Waals surface area contributed by atoms with Crippen LogP contribution in [0.25, 0.3) is 5.69 Å². The molecular formula is C22H26FN7O2S. The van der Waals surface area contributed by atoms with Crippen LogP contribution in [0.2, 0.25) is 0 Å². The summed E-state index contributed by atoms with van der Waals surface area (Å²) < 4.78 is 22.4. The van der Waals surface area contributed by atoms with Crippen LogP contribution < -0.4 is 0 Å². The van der Waals surface area contributed by atoms with Gasteiger partial charge in [0, 0.05) is 37.5 Å². The summed E-state index contributed by atoms with van der Waals surface area (Å²) in [4.78, 5) is 10.7. The molecule has 0 fully saturated rings. The van der Waals surface area contributed by atoms with E-state index in [0.717, 1.165) is 11.3 Å². The van der Waals surface area contributed by atoms with Crippen molar-refractivity contribution in [3.05, 3.63) is 71.1 Å². The number of aliphatic hydroxyl groups is 1. The van der Waals surface area contributed by atoms with Gasteiger partial charge >= 0.3 is 0 Å². The second kappa shape index (κ2) is 9.86. The number of thioether (sulfide) groups is 1. The van der Waals surface area contributed by atoms with E-state index in [-0.39, 0.29) is 5.82 Å². The molecule has 0 radical (unpaired) electrons. The number of hydrogen-bond donors (Lipinski definition) is 1. The highest BCUT2D eigenvalue weighted by atomic mass is 32.2. The summed E-state index contributed by atoms with van der Waals surface area (Å²) >= 11 is 1.40. The van der Waals surface area contributed by atoms with Crippen molar-refractivity contribution >= 4 is 11.8 Å². The van der Waals surface area contributed by atoms with Crippen LogP contribution in [-0.4, -0.2) is 46.5 Å². The predicted molar refractivity (Wildman–Crippen MR) is 121 cm³/mol. The van der Waals surface area contributed by atoms with Crippen LogP contribution >= 0.6 is 11.8 Å². The first-order valence-corrected chi connectivity index (χ1v) is 11.5. The van der Waals surface area contributed by atoms with E-state index in [1.165, 1.54) is 23.9 Å². The van der Waals surface area contributed by atoms with Crippen LogP contribution in [0.1, 0.15) is 41.8 Å². The topological polar surface area (TPSA) is 98.0 Å². The third kappa shape index (κ3) is 5.15. The van der Waals surface area contributed by atoms with Crippen LogP contribution in [0, 0.1) is 12.7 Å². The summed E-state index contributed by atoms with van der Waals surface area (Å²) in [6, 6.07) is 6.08. The molecule has 0 amide bonds. The van der Waals surface area contributed by atoms with Crippen molar-refractivity contribution in [3.8, 4) is 5.69 Å². The molecule has 3 aromatic heterocycles. The van der Waals surface area contributed by atoms with E-state index >= 15 is 0 Å². The summed E-state index contributed by atoms with van der Waals surface area (Å²) in [5, 5.41) is 20.1. The van der Waals surface area contributed by atoms with Gasteiger partial charge in [0.1, 0.15) is 5.82 Å². The van der Waals surface area contributed by atoms with Crippen molar-refractivity contribution in [2.75, 3.05) is 7.05 Å². The number of aliphatic hydroxyl groups excluding tert-OH is 1. The Morgan fingerprint density at radius 3 is 2.67 bits per heavy atom. The summed E-state index contributed by atoms with van der Waals surface area (Å²) in [6.07, 6.45) is 3.31. The average molecular weight is 472 g/mol. The molecule has 174 valence electrons. The molecule has 11 heteroatoms. The lowest BCUT2D eigenvalue weighted by molar-refractivity contribution is 0.0100. The molecule has 1 unspecified atom stereocenters. The van der Waals surface area contributed by atoms with Crippen LogP contribution in [0.15, 0.2) is 46.3 Å².